The van der Waals surface area contributed by atoms with Gasteiger partial charge in [0.2, 0.25) is 11.5 Å². The third kappa shape index (κ3) is 2.79. The van der Waals surface area contributed by atoms with Crippen molar-refractivity contribution in [1.82, 2.24) is 9.38 Å². The number of ether oxygens (including phenoxy) is 1. The molecule has 0 atom stereocenters. The fourth-order valence-electron chi connectivity index (χ4n) is 2.49. The summed E-state index contributed by atoms with van der Waals surface area (Å²) in [4.78, 5) is 31.9. The monoisotopic (exact) mass is 328 g/mol. The number of hydrogen-bond donors (Lipinski definition) is 2. The average molecular weight is 328 g/mol. The predicted molar refractivity (Wildman–Crippen MR) is 89.1 cm³/mol. The topological polar surface area (TPSA) is 113 Å². The number of rotatable bonds is 5. The van der Waals surface area contributed by atoms with E-state index in [2.05, 4.69) is 15.3 Å². The van der Waals surface area contributed by atoms with E-state index in [-0.39, 0.29) is 11.1 Å². The molecule has 3 aromatic rings. The molecule has 8 heteroatoms. The average Bonchev–Trinajstić information content (AvgIpc) is 2.55. The van der Waals surface area contributed by atoms with E-state index in [4.69, 9.17) is 10.5 Å². The van der Waals surface area contributed by atoms with Crippen LogP contribution in [-0.4, -0.2) is 35.6 Å². The van der Waals surface area contributed by atoms with Crippen molar-refractivity contribution in [2.75, 3.05) is 25.6 Å². The van der Waals surface area contributed by atoms with Crippen molar-refractivity contribution < 1.29 is 14.5 Å². The Balaban J connectivity index is 2.25. The number of primary amides is 1. The third-order valence-corrected chi connectivity index (χ3v) is 3.68. The van der Waals surface area contributed by atoms with Gasteiger partial charge in [-0.3, -0.25) is 4.79 Å². The van der Waals surface area contributed by atoms with Gasteiger partial charge in [0.15, 0.2) is 0 Å². The lowest BCUT2D eigenvalue weighted by molar-refractivity contribution is -0.319. The van der Waals surface area contributed by atoms with Gasteiger partial charge >= 0.3 is 5.56 Å². The summed E-state index contributed by atoms with van der Waals surface area (Å²) in [6.07, 6.45) is 1.72. The van der Waals surface area contributed by atoms with E-state index in [9.17, 15) is 9.59 Å². The fourth-order valence-corrected chi connectivity index (χ4v) is 2.49. The van der Waals surface area contributed by atoms with Gasteiger partial charge in [0.1, 0.15) is 5.39 Å². The zero-order valence-corrected chi connectivity index (χ0v) is 13.4. The molecule has 0 bridgehead atoms. The lowest BCUT2D eigenvalue weighted by Crippen LogP contribution is -2.26. The van der Waals surface area contributed by atoms with Crippen LogP contribution < -0.4 is 21.6 Å². The van der Waals surface area contributed by atoms with Crippen molar-refractivity contribution in [3.8, 4) is 0 Å². The first kappa shape index (κ1) is 15.9. The summed E-state index contributed by atoms with van der Waals surface area (Å²) in [7, 11) is 1.58. The first-order chi connectivity index (χ1) is 11.5. The molecule has 1 amide bonds. The van der Waals surface area contributed by atoms with Crippen molar-refractivity contribution in [2.24, 2.45) is 5.73 Å². The number of H-pyrrole nitrogens is 1. The van der Waals surface area contributed by atoms with Crippen molar-refractivity contribution in [2.45, 2.75) is 6.92 Å². The number of carbonyl (C=O) groups is 1. The van der Waals surface area contributed by atoms with Crippen LogP contribution in [0.5, 0.6) is 0 Å². The minimum absolute atomic E-state index is 0.164. The highest BCUT2D eigenvalue weighted by molar-refractivity contribution is 6.00. The van der Waals surface area contributed by atoms with Gasteiger partial charge in [-0.25, -0.2) is 9.78 Å². The number of anilines is 1. The molecule has 0 fully saturated rings. The number of aromatic amines is 1. The molecule has 4 N–H and O–H groups in total. The highest BCUT2D eigenvalue weighted by Gasteiger charge is 2.20. The molecule has 0 aliphatic carbocycles. The van der Waals surface area contributed by atoms with E-state index in [0.29, 0.717) is 35.7 Å². The Hall–Kier alpha value is -3.00. The molecule has 0 spiro atoms. The Morgan fingerprint density at radius 2 is 2.25 bits per heavy atom. The number of amides is 1. The van der Waals surface area contributed by atoms with Crippen molar-refractivity contribution in [1.29, 1.82) is 0 Å². The number of nitrogens with two attached hydrogens (primary N) is 1. The van der Waals surface area contributed by atoms with Crippen molar-refractivity contribution >= 4 is 28.4 Å². The molecule has 8 nitrogen and oxygen atoms in total. The van der Waals surface area contributed by atoms with Crippen LogP contribution in [-0.2, 0) is 4.74 Å². The lowest BCUT2D eigenvalue weighted by Gasteiger charge is -2.07. The van der Waals surface area contributed by atoms with E-state index in [1.54, 1.807) is 19.4 Å². The third-order valence-electron chi connectivity index (χ3n) is 3.68. The second-order valence-corrected chi connectivity index (χ2v) is 5.46. The van der Waals surface area contributed by atoms with E-state index in [1.807, 2.05) is 13.0 Å². The number of carbonyl (C=O) groups excluding carboxylic acids is 1. The molecule has 0 unspecified atom stereocenters. The summed E-state index contributed by atoms with van der Waals surface area (Å²) in [6, 6.07) is 5.16. The number of aromatic nitrogens is 3. The van der Waals surface area contributed by atoms with Gasteiger partial charge in [-0.1, -0.05) is 4.98 Å². The van der Waals surface area contributed by atoms with Crippen LogP contribution in [0.15, 0.2) is 29.2 Å². The highest BCUT2D eigenvalue weighted by Crippen LogP contribution is 2.16. The van der Waals surface area contributed by atoms with Gasteiger partial charge in [0.25, 0.3) is 11.6 Å². The summed E-state index contributed by atoms with van der Waals surface area (Å²) >= 11 is 0. The lowest BCUT2D eigenvalue weighted by atomic mass is 10.2. The Morgan fingerprint density at radius 1 is 1.46 bits per heavy atom. The SMILES string of the molecule is COCCNc1nc2[nH+]c3ccc(C)cn3c(=O)c2cc1C(N)=O. The van der Waals surface area contributed by atoms with Crippen molar-refractivity contribution in [3.63, 3.8) is 0 Å². The molecule has 0 aliphatic rings. The number of pyridine rings is 2. The smallest absolute Gasteiger partial charge is 0.325 e. The van der Waals surface area contributed by atoms with Gasteiger partial charge in [-0.15, -0.1) is 0 Å². The standard InChI is InChI=1S/C16H17N5O3/c1-9-3-4-12-19-15-11(16(23)21(12)8-9)7-10(13(17)22)14(20-15)18-5-6-24-2/h3-4,7-8H,5-6H2,1-2H3,(H2,17,22)(H,18,20)/p+1. The van der Waals surface area contributed by atoms with Crippen LogP contribution in [0, 0.1) is 6.92 Å². The van der Waals surface area contributed by atoms with Gasteiger partial charge < -0.3 is 15.8 Å². The number of fused-ring (bicyclic) bond motifs is 2. The van der Waals surface area contributed by atoms with Crippen molar-refractivity contribution in [3.05, 3.63) is 45.9 Å². The van der Waals surface area contributed by atoms with Crippen LogP contribution >= 0.6 is 0 Å². The molecule has 3 aromatic heterocycles. The minimum atomic E-state index is -0.655. The Labute approximate surface area is 137 Å². The molecule has 24 heavy (non-hydrogen) atoms. The number of nitrogens with one attached hydrogen (secondary N) is 2. The molecular weight excluding hydrogens is 310 g/mol. The molecule has 124 valence electrons. The summed E-state index contributed by atoms with van der Waals surface area (Å²) in [5.74, 6) is -0.336. The van der Waals surface area contributed by atoms with E-state index in [1.165, 1.54) is 10.5 Å². The quantitative estimate of drug-likeness (QED) is 0.510. The molecule has 0 saturated carbocycles. The maximum atomic E-state index is 12.7. The van der Waals surface area contributed by atoms with Gasteiger partial charge in [-0.05, 0) is 24.6 Å². The number of nitrogens with zero attached hydrogens (tertiary/aromatic N) is 2. The Morgan fingerprint density at radius 3 is 2.96 bits per heavy atom. The predicted octanol–water partition coefficient (Wildman–Crippen LogP) is 0.127. The first-order valence-corrected chi connectivity index (χ1v) is 7.43. The molecule has 0 radical (unpaired) electrons. The second-order valence-electron chi connectivity index (χ2n) is 5.46. The number of aryl methyl sites for hydroxylation is 1. The van der Waals surface area contributed by atoms with Gasteiger partial charge in [0, 0.05) is 19.7 Å². The van der Waals surface area contributed by atoms with Gasteiger partial charge in [0.05, 0.1) is 18.4 Å². The van der Waals surface area contributed by atoms with Crippen LogP contribution in [0.3, 0.4) is 0 Å². The zero-order chi connectivity index (χ0) is 17.3. The molecule has 3 heterocycles. The van der Waals surface area contributed by atoms with Crippen LogP contribution in [0.2, 0.25) is 0 Å². The second kappa shape index (κ2) is 6.25. The maximum Gasteiger partial charge on any atom is 0.325 e. The summed E-state index contributed by atoms with van der Waals surface area (Å²) in [6.45, 7) is 2.80. The molecular formula is C16H18N5O3+. The molecule has 3 rings (SSSR count). The summed E-state index contributed by atoms with van der Waals surface area (Å²) < 4.78 is 6.46. The van der Waals surface area contributed by atoms with E-state index in [0.717, 1.165) is 5.56 Å². The highest BCUT2D eigenvalue weighted by atomic mass is 16.5. The van der Waals surface area contributed by atoms with Gasteiger partial charge in [-0.2, -0.15) is 4.40 Å². The number of methoxy groups -OCH3 is 1. The Bertz CT molecular complexity index is 996. The van der Waals surface area contributed by atoms with Crippen LogP contribution in [0.25, 0.3) is 16.7 Å². The maximum absolute atomic E-state index is 12.7. The van der Waals surface area contributed by atoms with E-state index >= 15 is 0 Å². The normalized spacial score (nSPS) is 11.1. The summed E-state index contributed by atoms with van der Waals surface area (Å²) in [5.41, 5.74) is 7.27. The van der Waals surface area contributed by atoms with E-state index < -0.39 is 5.91 Å². The zero-order valence-electron chi connectivity index (χ0n) is 13.4. The minimum Gasteiger partial charge on any atom is -0.383 e. The number of hydrogen-bond acceptors (Lipinski definition) is 5. The largest absolute Gasteiger partial charge is 0.383 e. The summed E-state index contributed by atoms with van der Waals surface area (Å²) in [5, 5.41) is 3.29. The molecule has 0 aromatic carbocycles. The first-order valence-electron chi connectivity index (χ1n) is 7.43. The molecule has 0 saturated heterocycles. The van der Waals surface area contributed by atoms with Crippen LogP contribution in [0.1, 0.15) is 15.9 Å². The van der Waals surface area contributed by atoms with Crippen LogP contribution in [0.4, 0.5) is 5.82 Å². The fraction of sp³-hybridized carbons (Fsp3) is 0.250. The molecule has 0 aliphatic heterocycles. The Kier molecular flexibility index (Phi) is 4.13.